The molecule has 122 valence electrons. The Balaban J connectivity index is 1.97. The minimum Gasteiger partial charge on any atom is -0.326 e. The fraction of sp³-hybridized carbons (Fsp3) is 0.167. The second-order valence-corrected chi connectivity index (χ2v) is 5.59. The number of benzene rings is 2. The number of anilines is 3. The number of para-hydroxylation sites is 2. The van der Waals surface area contributed by atoms with E-state index in [1.165, 1.54) is 11.8 Å². The van der Waals surface area contributed by atoms with Crippen LogP contribution in [-0.4, -0.2) is 31.3 Å². The molecule has 0 fully saturated rings. The van der Waals surface area contributed by atoms with E-state index in [4.69, 9.17) is 0 Å². The molecule has 0 unspecified atom stereocenters. The van der Waals surface area contributed by atoms with Gasteiger partial charge in [-0.1, -0.05) is 18.2 Å². The summed E-state index contributed by atoms with van der Waals surface area (Å²) in [4.78, 5) is 39.3. The number of rotatable bonds is 2. The highest BCUT2D eigenvalue weighted by atomic mass is 16.2. The van der Waals surface area contributed by atoms with Gasteiger partial charge in [0.25, 0.3) is 5.91 Å². The van der Waals surface area contributed by atoms with Crippen molar-refractivity contribution in [3.8, 4) is 0 Å². The third-order valence-electron chi connectivity index (χ3n) is 3.88. The summed E-state index contributed by atoms with van der Waals surface area (Å²) in [7, 11) is 1.69. The molecule has 1 aliphatic heterocycles. The molecule has 6 nitrogen and oxygen atoms in total. The van der Waals surface area contributed by atoms with Crippen molar-refractivity contribution in [1.82, 2.24) is 0 Å². The van der Waals surface area contributed by atoms with Gasteiger partial charge in [-0.3, -0.25) is 19.3 Å². The molecule has 0 aliphatic carbocycles. The zero-order valence-electron chi connectivity index (χ0n) is 13.4. The fourth-order valence-corrected chi connectivity index (χ4v) is 2.71. The van der Waals surface area contributed by atoms with Crippen molar-refractivity contribution in [1.29, 1.82) is 0 Å². The fourth-order valence-electron chi connectivity index (χ4n) is 2.71. The summed E-state index contributed by atoms with van der Waals surface area (Å²) in [6.45, 7) is 1.39. The Kier molecular flexibility index (Phi) is 4.04. The van der Waals surface area contributed by atoms with Crippen LogP contribution in [0.25, 0.3) is 0 Å². The SMILES string of the molecule is CC(=O)Nc1cccc(C(=O)N2CC(=O)N(C)c3ccccc32)c1. The molecule has 3 amide bonds. The van der Waals surface area contributed by atoms with Crippen LogP contribution in [0.15, 0.2) is 48.5 Å². The first-order chi connectivity index (χ1) is 11.5. The highest BCUT2D eigenvalue weighted by Crippen LogP contribution is 2.33. The van der Waals surface area contributed by atoms with E-state index in [2.05, 4.69) is 5.32 Å². The summed E-state index contributed by atoms with van der Waals surface area (Å²) >= 11 is 0. The first kappa shape index (κ1) is 15.7. The molecular weight excluding hydrogens is 306 g/mol. The second-order valence-electron chi connectivity index (χ2n) is 5.59. The summed E-state index contributed by atoms with van der Waals surface area (Å²) in [5.41, 5.74) is 2.34. The average molecular weight is 323 g/mol. The highest BCUT2D eigenvalue weighted by molar-refractivity contribution is 6.16. The predicted molar refractivity (Wildman–Crippen MR) is 92.3 cm³/mol. The van der Waals surface area contributed by atoms with Crippen LogP contribution in [0.4, 0.5) is 17.1 Å². The smallest absolute Gasteiger partial charge is 0.258 e. The Morgan fingerprint density at radius 2 is 1.75 bits per heavy atom. The van der Waals surface area contributed by atoms with Crippen LogP contribution < -0.4 is 15.1 Å². The number of likely N-dealkylation sites (N-methyl/N-ethyl adjacent to an activating group) is 1. The van der Waals surface area contributed by atoms with E-state index < -0.39 is 0 Å². The summed E-state index contributed by atoms with van der Waals surface area (Å²) in [5, 5.41) is 2.65. The van der Waals surface area contributed by atoms with Crippen molar-refractivity contribution < 1.29 is 14.4 Å². The Morgan fingerprint density at radius 3 is 2.46 bits per heavy atom. The average Bonchev–Trinajstić information content (AvgIpc) is 2.57. The molecule has 3 rings (SSSR count). The molecule has 0 atom stereocenters. The molecule has 0 spiro atoms. The molecule has 1 N–H and O–H groups in total. The summed E-state index contributed by atoms with van der Waals surface area (Å²) in [5.74, 6) is -0.643. The Bertz CT molecular complexity index is 832. The van der Waals surface area contributed by atoms with Crippen LogP contribution in [0, 0.1) is 0 Å². The van der Waals surface area contributed by atoms with Gasteiger partial charge in [0.15, 0.2) is 0 Å². The van der Waals surface area contributed by atoms with Crippen molar-refractivity contribution in [3.05, 3.63) is 54.1 Å². The predicted octanol–water partition coefficient (Wildman–Crippen LogP) is 2.27. The molecule has 0 saturated carbocycles. The first-order valence-corrected chi connectivity index (χ1v) is 7.52. The van der Waals surface area contributed by atoms with E-state index in [-0.39, 0.29) is 24.3 Å². The van der Waals surface area contributed by atoms with E-state index in [1.807, 2.05) is 18.2 Å². The van der Waals surface area contributed by atoms with Gasteiger partial charge in [-0.25, -0.2) is 0 Å². The normalized spacial score (nSPS) is 13.5. The molecule has 24 heavy (non-hydrogen) atoms. The quantitative estimate of drug-likeness (QED) is 0.922. The third-order valence-corrected chi connectivity index (χ3v) is 3.88. The van der Waals surface area contributed by atoms with Crippen molar-refractivity contribution in [3.63, 3.8) is 0 Å². The van der Waals surface area contributed by atoms with Crippen molar-refractivity contribution in [2.24, 2.45) is 0 Å². The second kappa shape index (κ2) is 6.16. The topological polar surface area (TPSA) is 69.7 Å². The van der Waals surface area contributed by atoms with E-state index in [0.29, 0.717) is 22.6 Å². The Morgan fingerprint density at radius 1 is 1.04 bits per heavy atom. The number of fused-ring (bicyclic) bond motifs is 1. The molecule has 2 aromatic carbocycles. The van der Waals surface area contributed by atoms with Gasteiger partial charge in [-0.05, 0) is 30.3 Å². The third kappa shape index (κ3) is 2.86. The molecule has 0 aromatic heterocycles. The van der Waals surface area contributed by atoms with Crippen molar-refractivity contribution in [2.75, 3.05) is 28.7 Å². The molecule has 0 bridgehead atoms. The van der Waals surface area contributed by atoms with Crippen LogP contribution in [-0.2, 0) is 9.59 Å². The number of carbonyl (C=O) groups is 3. The van der Waals surface area contributed by atoms with Crippen LogP contribution in [0.2, 0.25) is 0 Å². The lowest BCUT2D eigenvalue weighted by molar-refractivity contribution is -0.117. The highest BCUT2D eigenvalue weighted by Gasteiger charge is 2.30. The van der Waals surface area contributed by atoms with Crippen LogP contribution in [0.3, 0.4) is 0 Å². The molecule has 2 aromatic rings. The van der Waals surface area contributed by atoms with Gasteiger partial charge in [0.1, 0.15) is 6.54 Å². The molecule has 0 saturated heterocycles. The van der Waals surface area contributed by atoms with Crippen molar-refractivity contribution in [2.45, 2.75) is 6.92 Å². The lowest BCUT2D eigenvalue weighted by atomic mass is 10.1. The van der Waals surface area contributed by atoms with Crippen LogP contribution in [0.5, 0.6) is 0 Å². The maximum absolute atomic E-state index is 12.9. The minimum atomic E-state index is -0.281. The number of hydrogen-bond acceptors (Lipinski definition) is 3. The van der Waals surface area contributed by atoms with Gasteiger partial charge in [0.05, 0.1) is 11.4 Å². The van der Waals surface area contributed by atoms with Gasteiger partial charge < -0.3 is 10.2 Å². The number of nitrogens with zero attached hydrogens (tertiary/aromatic N) is 2. The first-order valence-electron chi connectivity index (χ1n) is 7.52. The van der Waals surface area contributed by atoms with Crippen LogP contribution >= 0.6 is 0 Å². The van der Waals surface area contributed by atoms with Gasteiger partial charge in [-0.2, -0.15) is 0 Å². The summed E-state index contributed by atoms with van der Waals surface area (Å²) in [6, 6.07) is 14.0. The zero-order chi connectivity index (χ0) is 17.3. The Hall–Kier alpha value is -3.15. The molecule has 1 heterocycles. The van der Waals surface area contributed by atoms with Gasteiger partial charge in [0, 0.05) is 25.2 Å². The minimum absolute atomic E-state index is 0.0172. The number of nitrogens with one attached hydrogen (secondary N) is 1. The van der Waals surface area contributed by atoms with E-state index in [1.54, 1.807) is 42.3 Å². The van der Waals surface area contributed by atoms with Gasteiger partial charge >= 0.3 is 0 Å². The van der Waals surface area contributed by atoms with Crippen LogP contribution in [0.1, 0.15) is 17.3 Å². The molecule has 6 heteroatoms. The number of amides is 3. The van der Waals surface area contributed by atoms with Crippen molar-refractivity contribution >= 4 is 34.8 Å². The lowest BCUT2D eigenvalue weighted by Crippen LogP contribution is -2.46. The monoisotopic (exact) mass is 323 g/mol. The van der Waals surface area contributed by atoms with E-state index >= 15 is 0 Å². The number of hydrogen-bond donors (Lipinski definition) is 1. The summed E-state index contributed by atoms with van der Waals surface area (Å²) in [6.07, 6.45) is 0. The van der Waals surface area contributed by atoms with E-state index in [0.717, 1.165) is 0 Å². The largest absolute Gasteiger partial charge is 0.326 e. The lowest BCUT2D eigenvalue weighted by Gasteiger charge is -2.34. The van der Waals surface area contributed by atoms with Gasteiger partial charge in [-0.15, -0.1) is 0 Å². The zero-order valence-corrected chi connectivity index (χ0v) is 13.4. The molecule has 0 radical (unpaired) electrons. The standard InChI is InChI=1S/C18H17N3O3/c1-12(22)19-14-7-5-6-13(10-14)18(24)21-11-17(23)20(2)15-8-3-4-9-16(15)21/h3-10H,11H2,1-2H3,(H,19,22). The Labute approximate surface area is 139 Å². The van der Waals surface area contributed by atoms with E-state index in [9.17, 15) is 14.4 Å². The summed E-state index contributed by atoms with van der Waals surface area (Å²) < 4.78 is 0. The maximum Gasteiger partial charge on any atom is 0.258 e. The number of carbonyl (C=O) groups excluding carboxylic acids is 3. The maximum atomic E-state index is 12.9. The molecule has 1 aliphatic rings. The molecular formula is C18H17N3O3. The van der Waals surface area contributed by atoms with Gasteiger partial charge in [0.2, 0.25) is 11.8 Å².